The number of hydrogen-bond acceptors (Lipinski definition) is 4. The maximum Gasteiger partial charge on any atom is 0.237 e. The first kappa shape index (κ1) is 19.7. The molecule has 3 rings (SSSR count). The van der Waals surface area contributed by atoms with Crippen molar-refractivity contribution in [1.82, 2.24) is 5.32 Å². The molecule has 0 radical (unpaired) electrons. The van der Waals surface area contributed by atoms with Crippen LogP contribution in [0.15, 0.2) is 17.5 Å². The third-order valence-electron chi connectivity index (χ3n) is 5.53. The van der Waals surface area contributed by atoms with Crippen LogP contribution < -0.4 is 11.1 Å². The second-order valence-electron chi connectivity index (χ2n) is 7.01. The van der Waals surface area contributed by atoms with Gasteiger partial charge in [0, 0.05) is 30.1 Å². The summed E-state index contributed by atoms with van der Waals surface area (Å²) in [7, 11) is 0. The summed E-state index contributed by atoms with van der Waals surface area (Å²) >= 11 is 1.82. The third-order valence-corrected chi connectivity index (χ3v) is 6.65. The quantitative estimate of drug-likeness (QED) is 0.833. The van der Waals surface area contributed by atoms with Crippen molar-refractivity contribution < 1.29 is 9.53 Å². The zero-order valence-electron chi connectivity index (χ0n) is 14.2. The van der Waals surface area contributed by atoms with Crippen LogP contribution in [0.1, 0.15) is 49.8 Å². The molecule has 0 bridgehead atoms. The monoisotopic (exact) mass is 372 g/mol. The van der Waals surface area contributed by atoms with E-state index >= 15 is 0 Å². The van der Waals surface area contributed by atoms with Crippen LogP contribution in [-0.4, -0.2) is 31.7 Å². The van der Waals surface area contributed by atoms with Gasteiger partial charge < -0.3 is 15.8 Å². The van der Waals surface area contributed by atoms with Gasteiger partial charge in [0.1, 0.15) is 0 Å². The van der Waals surface area contributed by atoms with Gasteiger partial charge >= 0.3 is 0 Å². The molecule has 1 saturated carbocycles. The number of carbonyl (C=O) groups is 1. The van der Waals surface area contributed by atoms with Gasteiger partial charge in [-0.3, -0.25) is 4.79 Å². The molecule has 24 heavy (non-hydrogen) atoms. The number of nitrogens with one attached hydrogen (secondary N) is 1. The molecule has 6 heteroatoms. The van der Waals surface area contributed by atoms with Crippen molar-refractivity contribution in [3.63, 3.8) is 0 Å². The molecule has 136 valence electrons. The molecule has 0 aromatic carbocycles. The molecule has 0 spiro atoms. The predicted octanol–water partition coefficient (Wildman–Crippen LogP) is 3.24. The van der Waals surface area contributed by atoms with Crippen LogP contribution >= 0.6 is 23.7 Å². The van der Waals surface area contributed by atoms with E-state index in [2.05, 4.69) is 22.8 Å². The average Bonchev–Trinajstić information content (AvgIpc) is 3.16. The lowest BCUT2D eigenvalue weighted by Gasteiger charge is -2.37. The Bertz CT molecular complexity index is 497. The Morgan fingerprint density at radius 2 is 2.04 bits per heavy atom. The molecule has 1 aromatic rings. The van der Waals surface area contributed by atoms with Crippen LogP contribution in [0.2, 0.25) is 0 Å². The van der Waals surface area contributed by atoms with Crippen molar-refractivity contribution in [3.8, 4) is 0 Å². The molecule has 4 nitrogen and oxygen atoms in total. The highest BCUT2D eigenvalue weighted by molar-refractivity contribution is 7.10. The Kier molecular flexibility index (Phi) is 7.54. The lowest BCUT2D eigenvalue weighted by Crippen LogP contribution is -2.50. The standard InChI is InChI=1S/C18H28N2O2S.ClH/c19-16(14-6-10-22-11-7-14)17(21)20-13-18(8-2-1-3-9-18)15-5-4-12-23-15;/h4-5,12,14,16H,1-3,6-11,13,19H2,(H,20,21);1H. The maximum absolute atomic E-state index is 12.5. The summed E-state index contributed by atoms with van der Waals surface area (Å²) in [5.74, 6) is 0.270. The van der Waals surface area contributed by atoms with Gasteiger partial charge in [-0.05, 0) is 43.0 Å². The van der Waals surface area contributed by atoms with Crippen LogP contribution in [0, 0.1) is 5.92 Å². The molecule has 1 aliphatic heterocycles. The Labute approximate surface area is 154 Å². The first-order valence-corrected chi connectivity index (χ1v) is 9.74. The largest absolute Gasteiger partial charge is 0.381 e. The number of thiophene rings is 1. The maximum atomic E-state index is 12.5. The van der Waals surface area contributed by atoms with E-state index < -0.39 is 6.04 Å². The van der Waals surface area contributed by atoms with E-state index in [4.69, 9.17) is 10.5 Å². The van der Waals surface area contributed by atoms with Gasteiger partial charge in [-0.1, -0.05) is 25.3 Å². The normalized spacial score (nSPS) is 22.4. The van der Waals surface area contributed by atoms with Crippen molar-refractivity contribution in [1.29, 1.82) is 0 Å². The van der Waals surface area contributed by atoms with Gasteiger partial charge in [0.25, 0.3) is 0 Å². The van der Waals surface area contributed by atoms with Crippen LogP contribution in [0.25, 0.3) is 0 Å². The highest BCUT2D eigenvalue weighted by Crippen LogP contribution is 2.41. The molecule has 1 amide bonds. The minimum atomic E-state index is -0.400. The predicted molar refractivity (Wildman–Crippen MR) is 101 cm³/mol. The molecule has 2 heterocycles. The van der Waals surface area contributed by atoms with Crippen molar-refractivity contribution in [2.45, 2.75) is 56.4 Å². The van der Waals surface area contributed by atoms with Gasteiger partial charge in [-0.15, -0.1) is 23.7 Å². The summed E-state index contributed by atoms with van der Waals surface area (Å²) < 4.78 is 5.36. The van der Waals surface area contributed by atoms with E-state index in [1.54, 1.807) is 0 Å². The molecule has 1 aliphatic carbocycles. The molecular weight excluding hydrogens is 344 g/mol. The zero-order valence-corrected chi connectivity index (χ0v) is 15.8. The lowest BCUT2D eigenvalue weighted by atomic mass is 9.73. The summed E-state index contributed by atoms with van der Waals surface area (Å²) in [6.07, 6.45) is 7.93. The molecule has 1 saturated heterocycles. The van der Waals surface area contributed by atoms with E-state index in [-0.39, 0.29) is 29.6 Å². The van der Waals surface area contributed by atoms with E-state index in [1.807, 2.05) is 11.3 Å². The Morgan fingerprint density at radius 1 is 1.33 bits per heavy atom. The summed E-state index contributed by atoms with van der Waals surface area (Å²) in [5.41, 5.74) is 6.33. The Balaban J connectivity index is 0.00000208. The second-order valence-corrected chi connectivity index (χ2v) is 7.96. The highest BCUT2D eigenvalue weighted by atomic mass is 35.5. The van der Waals surface area contributed by atoms with Gasteiger partial charge in [-0.2, -0.15) is 0 Å². The van der Waals surface area contributed by atoms with Crippen LogP contribution in [0.3, 0.4) is 0 Å². The van der Waals surface area contributed by atoms with Crippen molar-refractivity contribution in [2.75, 3.05) is 19.8 Å². The lowest BCUT2D eigenvalue weighted by molar-refractivity contribution is -0.124. The summed E-state index contributed by atoms with van der Waals surface area (Å²) in [5, 5.41) is 5.32. The molecule has 2 aliphatic rings. The minimum absolute atomic E-state index is 0. The number of nitrogens with two attached hydrogens (primary N) is 1. The van der Waals surface area contributed by atoms with Crippen molar-refractivity contribution in [3.05, 3.63) is 22.4 Å². The SMILES string of the molecule is Cl.NC(C(=O)NCC1(c2cccs2)CCCCC1)C1CCOCC1. The van der Waals surface area contributed by atoms with Crippen LogP contribution in [0.4, 0.5) is 0 Å². The summed E-state index contributed by atoms with van der Waals surface area (Å²) in [6, 6.07) is 3.94. The molecule has 3 N–H and O–H groups in total. The second kappa shape index (κ2) is 9.18. The minimum Gasteiger partial charge on any atom is -0.381 e. The smallest absolute Gasteiger partial charge is 0.237 e. The van der Waals surface area contributed by atoms with E-state index in [9.17, 15) is 4.79 Å². The van der Waals surface area contributed by atoms with E-state index in [0.29, 0.717) is 0 Å². The molecule has 1 atom stereocenters. The molecule has 1 unspecified atom stereocenters. The first-order chi connectivity index (χ1) is 11.2. The Hall–Kier alpha value is -0.620. The fourth-order valence-electron chi connectivity index (χ4n) is 3.98. The van der Waals surface area contributed by atoms with Gasteiger partial charge in [0.05, 0.1) is 6.04 Å². The first-order valence-electron chi connectivity index (χ1n) is 8.86. The highest BCUT2D eigenvalue weighted by Gasteiger charge is 2.36. The fourth-order valence-corrected chi connectivity index (χ4v) is 4.97. The third kappa shape index (κ3) is 4.51. The number of halogens is 1. The van der Waals surface area contributed by atoms with Gasteiger partial charge in [-0.25, -0.2) is 0 Å². The topological polar surface area (TPSA) is 64.4 Å². The van der Waals surface area contributed by atoms with Crippen molar-refractivity contribution in [2.24, 2.45) is 11.7 Å². The van der Waals surface area contributed by atoms with E-state index in [0.717, 1.165) is 32.6 Å². The Morgan fingerprint density at radius 3 is 2.67 bits per heavy atom. The van der Waals surface area contributed by atoms with Gasteiger partial charge in [0.2, 0.25) is 5.91 Å². The average molecular weight is 373 g/mol. The number of hydrogen-bond donors (Lipinski definition) is 2. The fraction of sp³-hybridized carbons (Fsp3) is 0.722. The van der Waals surface area contributed by atoms with Crippen LogP contribution in [0.5, 0.6) is 0 Å². The number of carbonyl (C=O) groups excluding carboxylic acids is 1. The van der Waals surface area contributed by atoms with Crippen LogP contribution in [-0.2, 0) is 14.9 Å². The van der Waals surface area contributed by atoms with Crippen molar-refractivity contribution >= 4 is 29.7 Å². The summed E-state index contributed by atoms with van der Waals surface area (Å²) in [6.45, 7) is 2.18. The number of amides is 1. The van der Waals surface area contributed by atoms with Gasteiger partial charge in [0.15, 0.2) is 0 Å². The molecule has 2 fully saturated rings. The summed E-state index contributed by atoms with van der Waals surface area (Å²) in [4.78, 5) is 13.9. The zero-order chi connectivity index (χ0) is 16.1. The van der Waals surface area contributed by atoms with E-state index in [1.165, 1.54) is 37.0 Å². The number of rotatable bonds is 5. The molecule has 1 aromatic heterocycles. The number of ether oxygens (including phenoxy) is 1. The molecular formula is C18H29ClN2O2S.